The van der Waals surface area contributed by atoms with Crippen molar-refractivity contribution in [2.24, 2.45) is 0 Å². The molecule has 0 spiro atoms. The van der Waals surface area contributed by atoms with Crippen LogP contribution < -0.4 is 0 Å². The maximum atomic E-state index is 11.3. The lowest BCUT2D eigenvalue weighted by Crippen LogP contribution is -2.07. The Morgan fingerprint density at radius 3 is 2.67 bits per heavy atom. The summed E-state index contributed by atoms with van der Waals surface area (Å²) in [5.41, 5.74) is 1.07. The van der Waals surface area contributed by atoms with E-state index >= 15 is 0 Å². The van der Waals surface area contributed by atoms with Crippen LogP contribution in [0.5, 0.6) is 0 Å². The summed E-state index contributed by atoms with van der Waals surface area (Å²) < 4.78 is 24.5. The van der Waals surface area contributed by atoms with E-state index in [0.717, 1.165) is 12.0 Å². The maximum Gasteiger partial charge on any atom is 0.339 e. The summed E-state index contributed by atoms with van der Waals surface area (Å²) in [5, 5.41) is 0. The Morgan fingerprint density at radius 1 is 1.53 bits per heavy atom. The average Bonchev–Trinajstić information content (AvgIpc) is 2.26. The van der Waals surface area contributed by atoms with E-state index in [4.69, 9.17) is 4.55 Å². The van der Waals surface area contributed by atoms with Crippen molar-refractivity contribution in [3.63, 3.8) is 0 Å². The van der Waals surface area contributed by atoms with Gasteiger partial charge < -0.3 is 9.29 Å². The molecule has 1 aromatic carbocycles. The average molecular weight is 228 g/mol. The van der Waals surface area contributed by atoms with Crippen LogP contribution in [-0.4, -0.2) is 21.8 Å². The van der Waals surface area contributed by atoms with Crippen LogP contribution in [0, 0.1) is 0 Å². The van der Waals surface area contributed by atoms with Gasteiger partial charge in [-0.2, -0.15) is 0 Å². The van der Waals surface area contributed by atoms with Crippen molar-refractivity contribution in [2.45, 2.75) is 18.2 Å². The highest BCUT2D eigenvalue weighted by Gasteiger charge is 2.15. The molecule has 4 nitrogen and oxygen atoms in total. The molecule has 0 saturated heterocycles. The van der Waals surface area contributed by atoms with Gasteiger partial charge in [-0.1, -0.05) is 13.0 Å². The van der Waals surface area contributed by atoms with E-state index in [1.54, 1.807) is 12.1 Å². The highest BCUT2D eigenvalue weighted by atomic mass is 32.2. The number of hydrogen-bond donors (Lipinski definition) is 1. The molecular weight excluding hydrogens is 216 g/mol. The minimum Gasteiger partial charge on any atom is -0.465 e. The van der Waals surface area contributed by atoms with Gasteiger partial charge in [0.1, 0.15) is 0 Å². The van der Waals surface area contributed by atoms with E-state index < -0.39 is 17.0 Å². The largest absolute Gasteiger partial charge is 0.465 e. The van der Waals surface area contributed by atoms with E-state index in [9.17, 15) is 9.00 Å². The predicted molar refractivity (Wildman–Crippen MR) is 56.2 cm³/mol. The van der Waals surface area contributed by atoms with Crippen molar-refractivity contribution in [3.05, 3.63) is 29.3 Å². The molecule has 0 aromatic heterocycles. The fraction of sp³-hybridized carbons (Fsp3) is 0.300. The molecule has 0 fully saturated rings. The highest BCUT2D eigenvalue weighted by Crippen LogP contribution is 2.16. The van der Waals surface area contributed by atoms with Crippen molar-refractivity contribution < 1.29 is 18.3 Å². The van der Waals surface area contributed by atoms with Crippen LogP contribution in [0.25, 0.3) is 0 Å². The molecule has 0 amide bonds. The summed E-state index contributed by atoms with van der Waals surface area (Å²) >= 11 is -2.17. The quantitative estimate of drug-likeness (QED) is 0.630. The molecule has 0 radical (unpaired) electrons. The first-order chi connectivity index (χ1) is 7.10. The second-order valence-corrected chi connectivity index (χ2v) is 3.86. The molecule has 0 aliphatic heterocycles. The summed E-state index contributed by atoms with van der Waals surface area (Å²) in [7, 11) is 1.24. The third-order valence-corrected chi connectivity index (χ3v) is 2.78. The standard InChI is InChI=1S/C10H12O4S/c1-3-7-4-5-9(15(12)13)8(6-7)10(11)14-2/h4-6H,3H2,1-2H3,(H,12,13). The first-order valence-electron chi connectivity index (χ1n) is 4.42. The second kappa shape index (κ2) is 5.04. The first kappa shape index (κ1) is 11.9. The van der Waals surface area contributed by atoms with Gasteiger partial charge in [0.2, 0.25) is 0 Å². The van der Waals surface area contributed by atoms with Crippen LogP contribution in [0.3, 0.4) is 0 Å². The van der Waals surface area contributed by atoms with Crippen molar-refractivity contribution in [2.75, 3.05) is 7.11 Å². The van der Waals surface area contributed by atoms with Crippen LogP contribution in [0.4, 0.5) is 0 Å². The minimum atomic E-state index is -2.17. The van der Waals surface area contributed by atoms with E-state index in [-0.39, 0.29) is 10.5 Å². The Hall–Kier alpha value is -1.20. The summed E-state index contributed by atoms with van der Waals surface area (Å²) in [5.74, 6) is -0.595. The second-order valence-electron chi connectivity index (χ2n) is 2.92. The fourth-order valence-corrected chi connectivity index (χ4v) is 1.73. The Balaban J connectivity index is 3.28. The molecule has 1 aromatic rings. The molecule has 1 rings (SSSR count). The molecule has 1 N–H and O–H groups in total. The lowest BCUT2D eigenvalue weighted by Gasteiger charge is -2.06. The number of methoxy groups -OCH3 is 1. The number of benzene rings is 1. The van der Waals surface area contributed by atoms with E-state index in [2.05, 4.69) is 4.74 Å². The topological polar surface area (TPSA) is 63.6 Å². The Labute approximate surface area is 90.5 Å². The van der Waals surface area contributed by atoms with Gasteiger partial charge in [0, 0.05) is 0 Å². The number of carbonyl (C=O) groups is 1. The van der Waals surface area contributed by atoms with Gasteiger partial charge in [-0.3, -0.25) is 0 Å². The molecule has 15 heavy (non-hydrogen) atoms. The number of aryl methyl sites for hydroxylation is 1. The van der Waals surface area contributed by atoms with Crippen molar-refractivity contribution in [3.8, 4) is 0 Å². The molecular formula is C10H12O4S. The van der Waals surface area contributed by atoms with E-state index in [1.165, 1.54) is 13.2 Å². The molecule has 0 bridgehead atoms. The summed E-state index contributed by atoms with van der Waals surface area (Å²) in [6, 6.07) is 4.77. The SMILES string of the molecule is CCc1ccc(S(=O)O)c(C(=O)OC)c1. The number of rotatable bonds is 3. The van der Waals surface area contributed by atoms with Gasteiger partial charge in [-0.25, -0.2) is 9.00 Å². The summed E-state index contributed by atoms with van der Waals surface area (Å²) in [6.45, 7) is 1.94. The highest BCUT2D eigenvalue weighted by molar-refractivity contribution is 7.79. The molecule has 0 heterocycles. The maximum absolute atomic E-state index is 11.3. The van der Waals surface area contributed by atoms with Crippen molar-refractivity contribution in [1.82, 2.24) is 0 Å². The molecule has 0 aliphatic rings. The normalized spacial score (nSPS) is 12.2. The lowest BCUT2D eigenvalue weighted by atomic mass is 10.1. The molecule has 0 saturated carbocycles. The summed E-state index contributed by atoms with van der Waals surface area (Å²) in [4.78, 5) is 11.4. The monoisotopic (exact) mass is 228 g/mol. The zero-order chi connectivity index (χ0) is 11.4. The Kier molecular flexibility index (Phi) is 3.99. The van der Waals surface area contributed by atoms with Crippen LogP contribution in [0.1, 0.15) is 22.8 Å². The van der Waals surface area contributed by atoms with Gasteiger partial charge in [-0.05, 0) is 24.1 Å². The Morgan fingerprint density at radius 2 is 2.20 bits per heavy atom. The Bertz CT molecular complexity index is 400. The predicted octanol–water partition coefficient (Wildman–Crippen LogP) is 1.62. The van der Waals surface area contributed by atoms with E-state index in [1.807, 2.05) is 6.92 Å². The first-order valence-corrected chi connectivity index (χ1v) is 5.53. The zero-order valence-corrected chi connectivity index (χ0v) is 9.34. The molecule has 5 heteroatoms. The number of carbonyl (C=O) groups excluding carboxylic acids is 1. The van der Waals surface area contributed by atoms with Gasteiger partial charge in [0.15, 0.2) is 11.1 Å². The zero-order valence-electron chi connectivity index (χ0n) is 8.52. The van der Waals surface area contributed by atoms with E-state index in [0.29, 0.717) is 0 Å². The number of ether oxygens (including phenoxy) is 1. The van der Waals surface area contributed by atoms with Gasteiger partial charge in [0.25, 0.3) is 0 Å². The molecule has 0 aliphatic carbocycles. The third-order valence-electron chi connectivity index (χ3n) is 2.05. The van der Waals surface area contributed by atoms with Crippen LogP contribution in [0.15, 0.2) is 23.1 Å². The van der Waals surface area contributed by atoms with Crippen molar-refractivity contribution >= 4 is 17.0 Å². The third kappa shape index (κ3) is 2.64. The van der Waals surface area contributed by atoms with Gasteiger partial charge in [-0.15, -0.1) is 0 Å². The van der Waals surface area contributed by atoms with Gasteiger partial charge in [0.05, 0.1) is 17.6 Å². The fourth-order valence-electron chi connectivity index (χ4n) is 1.22. The number of hydrogen-bond acceptors (Lipinski definition) is 3. The molecule has 1 atom stereocenters. The number of esters is 1. The molecule has 1 unspecified atom stereocenters. The summed E-state index contributed by atoms with van der Waals surface area (Å²) in [6.07, 6.45) is 0.752. The molecule has 82 valence electrons. The van der Waals surface area contributed by atoms with Crippen molar-refractivity contribution in [1.29, 1.82) is 0 Å². The van der Waals surface area contributed by atoms with Crippen LogP contribution in [-0.2, 0) is 22.2 Å². The smallest absolute Gasteiger partial charge is 0.339 e. The lowest BCUT2D eigenvalue weighted by molar-refractivity contribution is 0.0596. The van der Waals surface area contributed by atoms with Gasteiger partial charge >= 0.3 is 5.97 Å². The van der Waals surface area contributed by atoms with Crippen LogP contribution in [0.2, 0.25) is 0 Å². The minimum absolute atomic E-state index is 0.0825. The van der Waals surface area contributed by atoms with Crippen LogP contribution >= 0.6 is 0 Å².